The van der Waals surface area contributed by atoms with Crippen molar-refractivity contribution in [2.24, 2.45) is 5.92 Å². The maximum atomic E-state index is 5.74. The van der Waals surface area contributed by atoms with E-state index in [-0.39, 0.29) is 0 Å². The minimum absolute atomic E-state index is 0.396. The first-order valence-electron chi connectivity index (χ1n) is 8.54. The van der Waals surface area contributed by atoms with Crippen LogP contribution in [0.25, 0.3) is 0 Å². The molecule has 0 bridgehead atoms. The molecule has 0 spiro atoms. The van der Waals surface area contributed by atoms with Gasteiger partial charge >= 0.3 is 0 Å². The minimum atomic E-state index is 0.396. The summed E-state index contributed by atoms with van der Waals surface area (Å²) in [5.41, 5.74) is 2.58. The maximum absolute atomic E-state index is 5.74. The van der Waals surface area contributed by atoms with Crippen molar-refractivity contribution < 1.29 is 9.15 Å². The highest BCUT2D eigenvalue weighted by molar-refractivity contribution is 5.26. The molecule has 2 aromatic heterocycles. The second-order valence-electron chi connectivity index (χ2n) is 7.03. The Balaban J connectivity index is 1.52. The van der Waals surface area contributed by atoms with Gasteiger partial charge in [-0.1, -0.05) is 0 Å². The predicted molar refractivity (Wildman–Crippen MR) is 87.1 cm³/mol. The molecule has 23 heavy (non-hydrogen) atoms. The highest BCUT2D eigenvalue weighted by atomic mass is 16.5. The summed E-state index contributed by atoms with van der Waals surface area (Å²) in [4.78, 5) is 2.42. The number of aromatic nitrogens is 2. The quantitative estimate of drug-likeness (QED) is 0.822. The van der Waals surface area contributed by atoms with E-state index < -0.39 is 0 Å². The van der Waals surface area contributed by atoms with Crippen LogP contribution >= 0.6 is 0 Å². The number of hydrogen-bond acceptors (Lipinski definition) is 4. The van der Waals surface area contributed by atoms with E-state index in [0.717, 1.165) is 50.2 Å². The van der Waals surface area contributed by atoms with Gasteiger partial charge in [0.1, 0.15) is 11.5 Å². The van der Waals surface area contributed by atoms with Crippen LogP contribution < -0.4 is 0 Å². The van der Waals surface area contributed by atoms with Crippen molar-refractivity contribution in [2.75, 3.05) is 20.3 Å². The Bertz CT molecular complexity index is 672. The highest BCUT2D eigenvalue weighted by Crippen LogP contribution is 2.33. The zero-order valence-electron chi connectivity index (χ0n) is 14.0. The fraction of sp³-hybridized carbons (Fsp3) is 0.611. The summed E-state index contributed by atoms with van der Waals surface area (Å²) in [5.74, 6) is 3.24. The largest absolute Gasteiger partial charge is 0.465 e. The summed E-state index contributed by atoms with van der Waals surface area (Å²) >= 11 is 0. The Labute approximate surface area is 137 Å². The SMILES string of the molecule is COCC1CN(Cc2ccc(C)o2)Cc2nn(CC3CC3)cc21. The molecule has 0 radical (unpaired) electrons. The van der Waals surface area contributed by atoms with E-state index in [1.165, 1.54) is 24.1 Å². The molecule has 0 aromatic carbocycles. The van der Waals surface area contributed by atoms with E-state index in [1.54, 1.807) is 7.11 Å². The summed E-state index contributed by atoms with van der Waals surface area (Å²) < 4.78 is 13.4. The summed E-state index contributed by atoms with van der Waals surface area (Å²) in [6.45, 7) is 6.54. The fourth-order valence-electron chi connectivity index (χ4n) is 3.54. The molecule has 2 aromatic rings. The van der Waals surface area contributed by atoms with Gasteiger partial charge in [0.05, 0.1) is 18.8 Å². The van der Waals surface area contributed by atoms with Crippen LogP contribution in [0.3, 0.4) is 0 Å². The lowest BCUT2D eigenvalue weighted by Crippen LogP contribution is -2.34. The van der Waals surface area contributed by atoms with Crippen molar-refractivity contribution >= 4 is 0 Å². The van der Waals surface area contributed by atoms with Gasteiger partial charge in [-0.05, 0) is 37.8 Å². The molecule has 4 rings (SSSR count). The number of ether oxygens (including phenoxy) is 1. The zero-order valence-corrected chi connectivity index (χ0v) is 14.0. The molecule has 2 aliphatic rings. The van der Waals surface area contributed by atoms with Gasteiger partial charge in [-0.2, -0.15) is 5.10 Å². The van der Waals surface area contributed by atoms with Crippen LogP contribution in [-0.2, 0) is 24.4 Å². The predicted octanol–water partition coefficient (Wildman–Crippen LogP) is 2.94. The van der Waals surface area contributed by atoms with Crippen molar-refractivity contribution in [1.82, 2.24) is 14.7 Å². The molecule has 0 N–H and O–H groups in total. The van der Waals surface area contributed by atoms with Crippen LogP contribution in [0.4, 0.5) is 0 Å². The number of hydrogen-bond donors (Lipinski definition) is 0. The standard InChI is InChI=1S/C18H25N3O2/c1-13-3-6-16(23-13)9-20-8-15(12-22-2)17-10-21(7-14-4-5-14)19-18(17)11-20/h3,6,10,14-15H,4-5,7-9,11-12H2,1-2H3. The molecular weight excluding hydrogens is 290 g/mol. The highest BCUT2D eigenvalue weighted by Gasteiger charge is 2.30. The third-order valence-electron chi connectivity index (χ3n) is 4.85. The summed E-state index contributed by atoms with van der Waals surface area (Å²) in [6.07, 6.45) is 4.97. The first-order chi connectivity index (χ1) is 11.2. The molecular formula is C18H25N3O2. The summed E-state index contributed by atoms with van der Waals surface area (Å²) in [5, 5.41) is 4.85. The lowest BCUT2D eigenvalue weighted by molar-refractivity contribution is 0.131. The molecule has 1 unspecified atom stereocenters. The Kier molecular flexibility index (Phi) is 3.99. The average Bonchev–Trinajstić information content (AvgIpc) is 3.08. The fourth-order valence-corrected chi connectivity index (χ4v) is 3.54. The van der Waals surface area contributed by atoms with Crippen LogP contribution in [0, 0.1) is 12.8 Å². The van der Waals surface area contributed by atoms with Crippen molar-refractivity contribution in [3.05, 3.63) is 41.1 Å². The van der Waals surface area contributed by atoms with Crippen LogP contribution in [0.1, 0.15) is 41.5 Å². The van der Waals surface area contributed by atoms with E-state index in [0.29, 0.717) is 5.92 Å². The van der Waals surface area contributed by atoms with Crippen molar-refractivity contribution in [2.45, 2.75) is 45.3 Å². The molecule has 0 amide bonds. The Morgan fingerprint density at radius 1 is 1.35 bits per heavy atom. The summed E-state index contributed by atoms with van der Waals surface area (Å²) in [7, 11) is 1.78. The van der Waals surface area contributed by atoms with Gasteiger partial charge in [-0.15, -0.1) is 0 Å². The molecule has 124 valence electrons. The first kappa shape index (κ1) is 15.0. The number of methoxy groups -OCH3 is 1. The zero-order chi connectivity index (χ0) is 15.8. The van der Waals surface area contributed by atoms with E-state index in [4.69, 9.17) is 14.3 Å². The Morgan fingerprint density at radius 2 is 2.22 bits per heavy atom. The smallest absolute Gasteiger partial charge is 0.118 e. The Morgan fingerprint density at radius 3 is 2.91 bits per heavy atom. The number of fused-ring (bicyclic) bond motifs is 1. The minimum Gasteiger partial charge on any atom is -0.465 e. The van der Waals surface area contributed by atoms with Crippen molar-refractivity contribution in [1.29, 1.82) is 0 Å². The number of furan rings is 1. The number of aryl methyl sites for hydroxylation is 1. The van der Waals surface area contributed by atoms with Gasteiger partial charge in [-0.25, -0.2) is 0 Å². The number of rotatable bonds is 6. The second-order valence-corrected chi connectivity index (χ2v) is 7.03. The van der Waals surface area contributed by atoms with Crippen LogP contribution in [0.15, 0.2) is 22.7 Å². The van der Waals surface area contributed by atoms with Gasteiger partial charge < -0.3 is 9.15 Å². The first-order valence-corrected chi connectivity index (χ1v) is 8.54. The molecule has 0 saturated heterocycles. The average molecular weight is 315 g/mol. The Hall–Kier alpha value is -1.59. The molecule has 1 aliphatic heterocycles. The van der Waals surface area contributed by atoms with Crippen LogP contribution in [-0.4, -0.2) is 34.9 Å². The van der Waals surface area contributed by atoms with E-state index in [1.807, 2.05) is 13.0 Å². The van der Waals surface area contributed by atoms with Crippen molar-refractivity contribution in [3.63, 3.8) is 0 Å². The third kappa shape index (κ3) is 3.35. The maximum Gasteiger partial charge on any atom is 0.118 e. The second kappa shape index (κ2) is 6.13. The monoisotopic (exact) mass is 315 g/mol. The molecule has 1 aliphatic carbocycles. The summed E-state index contributed by atoms with van der Waals surface area (Å²) in [6, 6.07) is 4.10. The van der Waals surface area contributed by atoms with Crippen LogP contribution in [0.2, 0.25) is 0 Å². The molecule has 1 atom stereocenters. The van der Waals surface area contributed by atoms with Gasteiger partial charge in [0.15, 0.2) is 0 Å². The molecule has 3 heterocycles. The van der Waals surface area contributed by atoms with Gasteiger partial charge in [-0.3, -0.25) is 9.58 Å². The van der Waals surface area contributed by atoms with E-state index in [9.17, 15) is 0 Å². The van der Waals surface area contributed by atoms with Gasteiger partial charge in [0.2, 0.25) is 0 Å². The van der Waals surface area contributed by atoms with E-state index in [2.05, 4.69) is 21.8 Å². The molecule has 1 saturated carbocycles. The van der Waals surface area contributed by atoms with E-state index >= 15 is 0 Å². The van der Waals surface area contributed by atoms with Crippen LogP contribution in [0.5, 0.6) is 0 Å². The molecule has 1 fully saturated rings. The molecule has 5 nitrogen and oxygen atoms in total. The lowest BCUT2D eigenvalue weighted by atomic mass is 9.95. The van der Waals surface area contributed by atoms with Gasteiger partial charge in [0.25, 0.3) is 0 Å². The number of nitrogens with zero attached hydrogens (tertiary/aromatic N) is 3. The normalized spacial score (nSPS) is 21.6. The third-order valence-corrected chi connectivity index (χ3v) is 4.85. The lowest BCUT2D eigenvalue weighted by Gasteiger charge is -2.31. The molecule has 5 heteroatoms. The van der Waals surface area contributed by atoms with Crippen molar-refractivity contribution in [3.8, 4) is 0 Å². The topological polar surface area (TPSA) is 43.4 Å². The van der Waals surface area contributed by atoms with Gasteiger partial charge in [0, 0.05) is 44.4 Å².